The zero-order valence-corrected chi connectivity index (χ0v) is 9.87. The number of pyridine rings is 2. The maximum atomic E-state index is 11.8. The molecule has 0 saturated carbocycles. The molecule has 4 heteroatoms. The van der Waals surface area contributed by atoms with Gasteiger partial charge in [-0.1, -0.05) is 0 Å². The lowest BCUT2D eigenvalue weighted by Gasteiger charge is -2.10. The van der Waals surface area contributed by atoms with E-state index in [1.807, 2.05) is 19.1 Å². The van der Waals surface area contributed by atoms with Crippen LogP contribution in [0.15, 0.2) is 16.9 Å². The first-order chi connectivity index (χ1) is 7.54. The summed E-state index contributed by atoms with van der Waals surface area (Å²) in [6, 6.07) is 3.71. The van der Waals surface area contributed by atoms with Gasteiger partial charge in [0.05, 0.1) is 18.0 Å². The molecule has 0 radical (unpaired) electrons. The van der Waals surface area contributed by atoms with Gasteiger partial charge in [0.25, 0.3) is 5.56 Å². The van der Waals surface area contributed by atoms with E-state index in [1.165, 1.54) is 0 Å². The molecule has 2 heterocycles. The Bertz CT molecular complexity index is 614. The Morgan fingerprint density at radius 3 is 2.62 bits per heavy atom. The number of hydrogen-bond donors (Lipinski definition) is 0. The highest BCUT2D eigenvalue weighted by molar-refractivity contribution is 5.84. The lowest BCUT2D eigenvalue weighted by molar-refractivity contribution is 0.402. The zero-order chi connectivity index (χ0) is 11.9. The van der Waals surface area contributed by atoms with E-state index in [2.05, 4.69) is 4.98 Å². The number of hydrogen-bond acceptors (Lipinski definition) is 3. The SMILES string of the molecule is COc1nc(C)cc2c1cc(C)c(=O)n2C. The molecule has 0 fully saturated rings. The monoisotopic (exact) mass is 218 g/mol. The van der Waals surface area contributed by atoms with Crippen molar-refractivity contribution in [2.24, 2.45) is 7.05 Å². The molecular formula is C12H14N2O2. The molecule has 0 aliphatic heterocycles. The predicted octanol–water partition coefficient (Wildman–Crippen LogP) is 1.56. The van der Waals surface area contributed by atoms with Crippen LogP contribution in [0.25, 0.3) is 10.9 Å². The van der Waals surface area contributed by atoms with Gasteiger partial charge in [-0.05, 0) is 26.0 Å². The van der Waals surface area contributed by atoms with Crippen molar-refractivity contribution in [3.8, 4) is 5.88 Å². The van der Waals surface area contributed by atoms with Crippen molar-refractivity contribution in [2.45, 2.75) is 13.8 Å². The third-order valence-corrected chi connectivity index (χ3v) is 2.69. The number of aryl methyl sites for hydroxylation is 3. The van der Waals surface area contributed by atoms with Crippen molar-refractivity contribution in [2.75, 3.05) is 7.11 Å². The third kappa shape index (κ3) is 1.46. The van der Waals surface area contributed by atoms with E-state index < -0.39 is 0 Å². The van der Waals surface area contributed by atoms with Gasteiger partial charge in [-0.3, -0.25) is 4.79 Å². The van der Waals surface area contributed by atoms with Crippen LogP contribution in [0.2, 0.25) is 0 Å². The molecule has 16 heavy (non-hydrogen) atoms. The van der Waals surface area contributed by atoms with Gasteiger partial charge >= 0.3 is 0 Å². The first kappa shape index (κ1) is 10.7. The Labute approximate surface area is 93.5 Å². The van der Waals surface area contributed by atoms with Crippen LogP contribution in [-0.2, 0) is 7.05 Å². The van der Waals surface area contributed by atoms with Gasteiger partial charge in [0.15, 0.2) is 0 Å². The normalized spacial score (nSPS) is 10.8. The lowest BCUT2D eigenvalue weighted by atomic mass is 10.2. The number of ether oxygens (including phenoxy) is 1. The van der Waals surface area contributed by atoms with E-state index in [0.29, 0.717) is 11.4 Å². The van der Waals surface area contributed by atoms with Crippen molar-refractivity contribution >= 4 is 10.9 Å². The van der Waals surface area contributed by atoms with Crippen molar-refractivity contribution in [1.29, 1.82) is 0 Å². The maximum Gasteiger partial charge on any atom is 0.253 e. The van der Waals surface area contributed by atoms with Crippen molar-refractivity contribution in [3.63, 3.8) is 0 Å². The minimum absolute atomic E-state index is 0.0140. The van der Waals surface area contributed by atoms with E-state index in [9.17, 15) is 4.79 Å². The van der Waals surface area contributed by atoms with E-state index in [-0.39, 0.29) is 5.56 Å². The third-order valence-electron chi connectivity index (χ3n) is 2.69. The van der Waals surface area contributed by atoms with Gasteiger partial charge in [-0.2, -0.15) is 0 Å². The molecule has 0 aliphatic carbocycles. The summed E-state index contributed by atoms with van der Waals surface area (Å²) in [7, 11) is 3.35. The van der Waals surface area contributed by atoms with Crippen LogP contribution in [-0.4, -0.2) is 16.7 Å². The summed E-state index contributed by atoms with van der Waals surface area (Å²) in [4.78, 5) is 16.1. The standard InChI is InChI=1S/C12H14N2O2/c1-7-5-9-10(14(3)12(7)15)6-8(2)13-11(9)16-4/h5-6H,1-4H3. The summed E-state index contributed by atoms with van der Waals surface area (Å²) in [5.41, 5.74) is 2.39. The molecule has 0 bridgehead atoms. The van der Waals surface area contributed by atoms with Crippen LogP contribution < -0.4 is 10.3 Å². The molecule has 84 valence electrons. The second kappa shape index (κ2) is 3.63. The van der Waals surface area contributed by atoms with Gasteiger partial charge in [-0.15, -0.1) is 0 Å². The van der Waals surface area contributed by atoms with Gasteiger partial charge in [0.1, 0.15) is 0 Å². The van der Waals surface area contributed by atoms with Gasteiger partial charge in [0, 0.05) is 18.3 Å². The van der Waals surface area contributed by atoms with Crippen LogP contribution >= 0.6 is 0 Å². The van der Waals surface area contributed by atoms with Gasteiger partial charge in [0.2, 0.25) is 5.88 Å². The largest absolute Gasteiger partial charge is 0.480 e. The van der Waals surface area contributed by atoms with E-state index in [4.69, 9.17) is 4.74 Å². The van der Waals surface area contributed by atoms with Crippen LogP contribution in [0.1, 0.15) is 11.3 Å². The molecule has 2 aromatic rings. The van der Waals surface area contributed by atoms with Crippen molar-refractivity contribution in [3.05, 3.63) is 33.7 Å². The van der Waals surface area contributed by atoms with E-state index >= 15 is 0 Å². The fourth-order valence-electron chi connectivity index (χ4n) is 1.86. The Morgan fingerprint density at radius 1 is 1.31 bits per heavy atom. The molecule has 0 aromatic carbocycles. The van der Waals surface area contributed by atoms with Gasteiger partial charge < -0.3 is 9.30 Å². The summed E-state index contributed by atoms with van der Waals surface area (Å²) < 4.78 is 6.86. The molecule has 4 nitrogen and oxygen atoms in total. The van der Waals surface area contributed by atoms with Gasteiger partial charge in [-0.25, -0.2) is 4.98 Å². The average molecular weight is 218 g/mol. The summed E-state index contributed by atoms with van der Waals surface area (Å²) >= 11 is 0. The number of rotatable bonds is 1. The van der Waals surface area contributed by atoms with Crippen molar-refractivity contribution in [1.82, 2.24) is 9.55 Å². The fourth-order valence-corrected chi connectivity index (χ4v) is 1.86. The molecule has 0 saturated heterocycles. The topological polar surface area (TPSA) is 44.1 Å². The molecule has 0 spiro atoms. The van der Waals surface area contributed by atoms with Crippen LogP contribution in [0, 0.1) is 13.8 Å². The zero-order valence-electron chi connectivity index (χ0n) is 9.87. The molecule has 0 amide bonds. The summed E-state index contributed by atoms with van der Waals surface area (Å²) in [6.45, 7) is 3.67. The second-order valence-corrected chi connectivity index (χ2v) is 3.90. The highest BCUT2D eigenvalue weighted by atomic mass is 16.5. The molecule has 2 rings (SSSR count). The highest BCUT2D eigenvalue weighted by Crippen LogP contribution is 2.23. The number of nitrogens with zero attached hydrogens (tertiary/aromatic N) is 2. The molecule has 0 aliphatic rings. The Balaban J connectivity index is 3.00. The average Bonchev–Trinajstić information content (AvgIpc) is 2.26. The maximum absolute atomic E-state index is 11.8. The van der Waals surface area contributed by atoms with Crippen LogP contribution in [0.5, 0.6) is 5.88 Å². The molecular weight excluding hydrogens is 204 g/mol. The predicted molar refractivity (Wildman–Crippen MR) is 63.0 cm³/mol. The Kier molecular flexibility index (Phi) is 2.42. The van der Waals surface area contributed by atoms with E-state index in [0.717, 1.165) is 16.6 Å². The highest BCUT2D eigenvalue weighted by Gasteiger charge is 2.09. The van der Waals surface area contributed by atoms with Crippen molar-refractivity contribution < 1.29 is 4.74 Å². The summed E-state index contributed by atoms with van der Waals surface area (Å²) in [5, 5.41) is 0.868. The lowest BCUT2D eigenvalue weighted by Crippen LogP contribution is -2.19. The molecule has 0 N–H and O–H groups in total. The Hall–Kier alpha value is -1.84. The summed E-state index contributed by atoms with van der Waals surface area (Å²) in [5.74, 6) is 0.564. The number of fused-ring (bicyclic) bond motifs is 1. The number of aromatic nitrogens is 2. The molecule has 0 atom stereocenters. The smallest absolute Gasteiger partial charge is 0.253 e. The molecule has 2 aromatic heterocycles. The minimum Gasteiger partial charge on any atom is -0.480 e. The fraction of sp³-hybridized carbons (Fsp3) is 0.333. The minimum atomic E-state index is 0.0140. The first-order valence-electron chi connectivity index (χ1n) is 5.06. The van der Waals surface area contributed by atoms with Crippen LogP contribution in [0.4, 0.5) is 0 Å². The quantitative estimate of drug-likeness (QED) is 0.729. The molecule has 0 unspecified atom stereocenters. The Morgan fingerprint density at radius 2 is 2.00 bits per heavy atom. The second-order valence-electron chi connectivity index (χ2n) is 3.90. The van der Waals surface area contributed by atoms with Crippen LogP contribution in [0.3, 0.4) is 0 Å². The van der Waals surface area contributed by atoms with E-state index in [1.54, 1.807) is 25.6 Å². The summed E-state index contributed by atoms with van der Waals surface area (Å²) in [6.07, 6.45) is 0. The first-order valence-corrected chi connectivity index (χ1v) is 5.06. The number of methoxy groups -OCH3 is 1.